The van der Waals surface area contributed by atoms with E-state index in [0.717, 1.165) is 0 Å². The number of anilines is 2. The number of non-ortho nitro benzene ring substituents is 1. The minimum absolute atomic E-state index is 0.0771. The van der Waals surface area contributed by atoms with Crippen LogP contribution in [0.1, 0.15) is 19.4 Å². The molecule has 1 amide bonds. The summed E-state index contributed by atoms with van der Waals surface area (Å²) in [6.45, 7) is 3.63. The molecule has 2 rings (SSSR count). The van der Waals surface area contributed by atoms with Crippen LogP contribution in [0, 0.1) is 21.4 Å². The number of nitro benzene ring substituents is 1. The lowest BCUT2D eigenvalue weighted by atomic mass is 10.2. The fourth-order valence-corrected chi connectivity index (χ4v) is 2.36. The number of carbonyl (C=O) groups is 1. The molecule has 0 radical (unpaired) electrons. The summed E-state index contributed by atoms with van der Waals surface area (Å²) in [5, 5.41) is 25.5. The van der Waals surface area contributed by atoms with Crippen molar-refractivity contribution >= 4 is 23.0 Å². The fraction of sp³-hybridized carbons (Fsp3) is 0.263. The van der Waals surface area contributed by atoms with Crippen LogP contribution < -0.4 is 20.1 Å². The van der Waals surface area contributed by atoms with E-state index in [1.54, 1.807) is 18.2 Å². The van der Waals surface area contributed by atoms with Crippen LogP contribution in [0.25, 0.3) is 0 Å². The van der Waals surface area contributed by atoms with E-state index in [9.17, 15) is 14.9 Å². The van der Waals surface area contributed by atoms with E-state index in [4.69, 9.17) is 14.7 Å². The molecular weight excluding hydrogens is 364 g/mol. The lowest BCUT2D eigenvalue weighted by Crippen LogP contribution is -2.22. The summed E-state index contributed by atoms with van der Waals surface area (Å²) >= 11 is 0. The quantitative estimate of drug-likeness (QED) is 0.528. The van der Waals surface area contributed by atoms with Gasteiger partial charge in [0.05, 0.1) is 53.8 Å². The topological polar surface area (TPSA) is 127 Å². The second-order valence-electron chi connectivity index (χ2n) is 6.03. The molecule has 0 heterocycles. The molecule has 0 saturated heterocycles. The highest BCUT2D eigenvalue weighted by molar-refractivity contribution is 5.95. The number of hydrogen-bond acceptors (Lipinski definition) is 7. The summed E-state index contributed by atoms with van der Waals surface area (Å²) < 4.78 is 10.8. The van der Waals surface area contributed by atoms with Crippen LogP contribution in [0.5, 0.6) is 11.5 Å². The number of hydrogen-bond donors (Lipinski definition) is 2. The van der Waals surface area contributed by atoms with Gasteiger partial charge in [-0.25, -0.2) is 0 Å². The van der Waals surface area contributed by atoms with Crippen LogP contribution in [0.15, 0.2) is 36.4 Å². The molecule has 9 nitrogen and oxygen atoms in total. The first kappa shape index (κ1) is 20.5. The standard InChI is InChI=1S/C19H20N4O5/c1-12(2)28-17-7-4-13(10-20)8-16(17)21-11-19(24)22-15-6-5-14(23(25)26)9-18(15)27-3/h4-9,12,21H,11H2,1-3H3,(H,22,24). The van der Waals surface area contributed by atoms with E-state index in [1.807, 2.05) is 19.9 Å². The highest BCUT2D eigenvalue weighted by Gasteiger charge is 2.14. The van der Waals surface area contributed by atoms with Gasteiger partial charge in [-0.05, 0) is 38.1 Å². The van der Waals surface area contributed by atoms with Gasteiger partial charge in [0.2, 0.25) is 5.91 Å². The molecule has 28 heavy (non-hydrogen) atoms. The van der Waals surface area contributed by atoms with Crippen molar-refractivity contribution in [1.82, 2.24) is 0 Å². The summed E-state index contributed by atoms with van der Waals surface area (Å²) in [6.07, 6.45) is -0.0771. The van der Waals surface area contributed by atoms with Crippen molar-refractivity contribution in [2.75, 3.05) is 24.3 Å². The second kappa shape index (κ2) is 9.23. The van der Waals surface area contributed by atoms with Gasteiger partial charge < -0.3 is 20.1 Å². The van der Waals surface area contributed by atoms with Gasteiger partial charge in [-0.3, -0.25) is 14.9 Å². The van der Waals surface area contributed by atoms with E-state index < -0.39 is 10.8 Å². The van der Waals surface area contributed by atoms with E-state index in [0.29, 0.717) is 22.7 Å². The monoisotopic (exact) mass is 384 g/mol. The van der Waals surface area contributed by atoms with Crippen molar-refractivity contribution in [3.8, 4) is 17.6 Å². The van der Waals surface area contributed by atoms with Gasteiger partial charge in [0, 0.05) is 6.07 Å². The third-order valence-corrected chi connectivity index (χ3v) is 3.58. The molecule has 2 aromatic carbocycles. The Morgan fingerprint density at radius 3 is 2.57 bits per heavy atom. The number of nitro groups is 1. The number of nitrogens with zero attached hydrogens (tertiary/aromatic N) is 2. The first-order valence-corrected chi connectivity index (χ1v) is 8.41. The molecule has 0 fully saturated rings. The first-order valence-electron chi connectivity index (χ1n) is 8.41. The van der Waals surface area contributed by atoms with Crippen molar-refractivity contribution in [3.05, 3.63) is 52.1 Å². The van der Waals surface area contributed by atoms with Crippen molar-refractivity contribution in [1.29, 1.82) is 5.26 Å². The van der Waals surface area contributed by atoms with Crippen LogP contribution in [0.2, 0.25) is 0 Å². The van der Waals surface area contributed by atoms with Crippen molar-refractivity contribution in [2.45, 2.75) is 20.0 Å². The molecule has 0 spiro atoms. The van der Waals surface area contributed by atoms with Gasteiger partial charge in [0.15, 0.2) is 0 Å². The fourth-order valence-electron chi connectivity index (χ4n) is 2.36. The number of rotatable bonds is 8. The Morgan fingerprint density at radius 2 is 1.96 bits per heavy atom. The number of nitrogens with one attached hydrogen (secondary N) is 2. The molecule has 2 N–H and O–H groups in total. The number of nitriles is 1. The van der Waals surface area contributed by atoms with Gasteiger partial charge in [-0.1, -0.05) is 0 Å². The molecular formula is C19H20N4O5. The number of methoxy groups -OCH3 is 1. The third-order valence-electron chi connectivity index (χ3n) is 3.58. The molecule has 0 bridgehead atoms. The van der Waals surface area contributed by atoms with Crippen molar-refractivity contribution in [2.24, 2.45) is 0 Å². The van der Waals surface area contributed by atoms with E-state index in [1.165, 1.54) is 25.3 Å². The van der Waals surface area contributed by atoms with Crippen LogP contribution in [0.3, 0.4) is 0 Å². The summed E-state index contributed by atoms with van der Waals surface area (Å²) in [4.78, 5) is 22.6. The average molecular weight is 384 g/mol. The highest BCUT2D eigenvalue weighted by Crippen LogP contribution is 2.29. The Hall–Kier alpha value is -3.80. The SMILES string of the molecule is COc1cc([N+](=O)[O-])ccc1NC(=O)CNc1cc(C#N)ccc1OC(C)C. The maximum Gasteiger partial charge on any atom is 0.273 e. The van der Waals surface area contributed by atoms with E-state index >= 15 is 0 Å². The predicted octanol–water partition coefficient (Wildman–Crippen LogP) is 3.31. The Bertz CT molecular complexity index is 921. The number of carbonyl (C=O) groups excluding carboxylic acids is 1. The zero-order valence-electron chi connectivity index (χ0n) is 15.7. The summed E-state index contributed by atoms with van der Waals surface area (Å²) in [6, 6.07) is 10.8. The van der Waals surface area contributed by atoms with E-state index in [2.05, 4.69) is 10.6 Å². The second-order valence-corrected chi connectivity index (χ2v) is 6.03. The summed E-state index contributed by atoms with van der Waals surface area (Å²) in [5.41, 5.74) is 1.11. The minimum atomic E-state index is -0.548. The predicted molar refractivity (Wildman–Crippen MR) is 104 cm³/mol. The molecule has 146 valence electrons. The molecule has 0 atom stereocenters. The molecule has 0 aliphatic rings. The lowest BCUT2D eigenvalue weighted by Gasteiger charge is -2.16. The molecule has 0 aliphatic heterocycles. The Balaban J connectivity index is 2.10. The van der Waals surface area contributed by atoms with Crippen LogP contribution in [0.4, 0.5) is 17.1 Å². The molecule has 9 heteroatoms. The molecule has 2 aromatic rings. The largest absolute Gasteiger partial charge is 0.494 e. The normalized spacial score (nSPS) is 10.1. The zero-order valence-corrected chi connectivity index (χ0v) is 15.7. The first-order chi connectivity index (χ1) is 13.3. The van der Waals surface area contributed by atoms with Gasteiger partial charge >= 0.3 is 0 Å². The molecule has 0 saturated carbocycles. The smallest absolute Gasteiger partial charge is 0.273 e. The van der Waals surface area contributed by atoms with Crippen molar-refractivity contribution < 1.29 is 19.2 Å². The number of amides is 1. The average Bonchev–Trinajstić information content (AvgIpc) is 2.66. The zero-order chi connectivity index (χ0) is 20.7. The molecule has 0 aromatic heterocycles. The van der Waals surface area contributed by atoms with Crippen LogP contribution >= 0.6 is 0 Å². The van der Waals surface area contributed by atoms with E-state index in [-0.39, 0.29) is 24.1 Å². The summed E-state index contributed by atoms with van der Waals surface area (Å²) in [7, 11) is 1.36. The minimum Gasteiger partial charge on any atom is -0.494 e. The van der Waals surface area contributed by atoms with Crippen LogP contribution in [-0.4, -0.2) is 30.6 Å². The number of ether oxygens (including phenoxy) is 2. The van der Waals surface area contributed by atoms with Crippen molar-refractivity contribution in [3.63, 3.8) is 0 Å². The molecule has 0 unspecified atom stereocenters. The Morgan fingerprint density at radius 1 is 1.21 bits per heavy atom. The Kier molecular flexibility index (Phi) is 6.76. The Labute approximate surface area is 162 Å². The summed E-state index contributed by atoms with van der Waals surface area (Å²) in [5.74, 6) is 0.303. The van der Waals surface area contributed by atoms with Gasteiger partial charge in [-0.2, -0.15) is 5.26 Å². The van der Waals surface area contributed by atoms with Gasteiger partial charge in [-0.15, -0.1) is 0 Å². The molecule has 0 aliphatic carbocycles. The maximum absolute atomic E-state index is 12.3. The maximum atomic E-state index is 12.3. The third kappa shape index (κ3) is 5.35. The number of benzene rings is 2. The lowest BCUT2D eigenvalue weighted by molar-refractivity contribution is -0.384. The van der Waals surface area contributed by atoms with Crippen LogP contribution in [-0.2, 0) is 4.79 Å². The highest BCUT2D eigenvalue weighted by atomic mass is 16.6. The van der Waals surface area contributed by atoms with Gasteiger partial charge in [0.1, 0.15) is 11.5 Å². The van der Waals surface area contributed by atoms with Gasteiger partial charge in [0.25, 0.3) is 5.69 Å².